The molecule has 0 aliphatic carbocycles. The summed E-state index contributed by atoms with van der Waals surface area (Å²) in [4.78, 5) is 21.6. The summed E-state index contributed by atoms with van der Waals surface area (Å²) in [6.07, 6.45) is 1.08. The maximum absolute atomic E-state index is 10.9. The number of phenols is 1. The molecular formula is C12H8O3. The van der Waals surface area contributed by atoms with Crippen LogP contribution in [0.25, 0.3) is 10.8 Å². The SMILES string of the molecule is O=Cc1c(O)cc2ccccc2c1C=O. The van der Waals surface area contributed by atoms with Crippen LogP contribution in [-0.2, 0) is 0 Å². The summed E-state index contributed by atoms with van der Waals surface area (Å²) in [5.41, 5.74) is 0.282. The quantitative estimate of drug-likeness (QED) is 0.756. The Labute approximate surface area is 86.0 Å². The molecule has 0 amide bonds. The molecule has 0 atom stereocenters. The second-order valence-corrected chi connectivity index (χ2v) is 3.18. The Kier molecular flexibility index (Phi) is 2.21. The van der Waals surface area contributed by atoms with E-state index < -0.39 is 0 Å². The molecule has 0 aliphatic heterocycles. The summed E-state index contributed by atoms with van der Waals surface area (Å²) in [7, 11) is 0. The lowest BCUT2D eigenvalue weighted by Gasteiger charge is -2.05. The van der Waals surface area contributed by atoms with Crippen LogP contribution in [0.4, 0.5) is 0 Å². The van der Waals surface area contributed by atoms with Crippen molar-refractivity contribution in [3.05, 3.63) is 41.5 Å². The number of fused-ring (bicyclic) bond motifs is 1. The highest BCUT2D eigenvalue weighted by Crippen LogP contribution is 2.27. The van der Waals surface area contributed by atoms with Crippen LogP contribution in [0.2, 0.25) is 0 Å². The van der Waals surface area contributed by atoms with Crippen molar-refractivity contribution in [1.82, 2.24) is 0 Å². The lowest BCUT2D eigenvalue weighted by Crippen LogP contribution is -1.93. The van der Waals surface area contributed by atoms with Crippen LogP contribution in [0, 0.1) is 0 Å². The largest absolute Gasteiger partial charge is 0.507 e. The van der Waals surface area contributed by atoms with Crippen LogP contribution < -0.4 is 0 Å². The van der Waals surface area contributed by atoms with Gasteiger partial charge < -0.3 is 5.11 Å². The van der Waals surface area contributed by atoms with Crippen molar-refractivity contribution in [3.8, 4) is 5.75 Å². The first-order valence-corrected chi connectivity index (χ1v) is 4.43. The number of carbonyl (C=O) groups is 2. The number of aldehydes is 2. The number of phenolic OH excluding ortho intramolecular Hbond substituents is 1. The van der Waals surface area contributed by atoms with Gasteiger partial charge in [0, 0.05) is 5.56 Å². The average molecular weight is 200 g/mol. The van der Waals surface area contributed by atoms with Gasteiger partial charge in [-0.1, -0.05) is 24.3 Å². The van der Waals surface area contributed by atoms with E-state index in [4.69, 9.17) is 0 Å². The van der Waals surface area contributed by atoms with Crippen molar-refractivity contribution in [1.29, 1.82) is 0 Å². The molecule has 0 saturated heterocycles. The van der Waals surface area contributed by atoms with E-state index in [1.165, 1.54) is 6.07 Å². The Morgan fingerprint density at radius 3 is 2.33 bits per heavy atom. The number of hydrogen-bond acceptors (Lipinski definition) is 3. The number of carbonyl (C=O) groups excluding carboxylic acids is 2. The molecule has 2 rings (SSSR count). The highest BCUT2D eigenvalue weighted by Gasteiger charge is 2.10. The van der Waals surface area contributed by atoms with E-state index in [9.17, 15) is 14.7 Å². The van der Waals surface area contributed by atoms with Crippen LogP contribution in [0.3, 0.4) is 0 Å². The fourth-order valence-electron chi connectivity index (χ4n) is 1.63. The number of aromatic hydroxyl groups is 1. The minimum atomic E-state index is -0.161. The molecule has 0 saturated carbocycles. The molecule has 2 aromatic carbocycles. The van der Waals surface area contributed by atoms with Crippen molar-refractivity contribution in [2.45, 2.75) is 0 Å². The topological polar surface area (TPSA) is 54.4 Å². The van der Waals surface area contributed by atoms with Gasteiger partial charge in [0.2, 0.25) is 0 Å². The zero-order valence-electron chi connectivity index (χ0n) is 7.81. The third-order valence-electron chi connectivity index (χ3n) is 2.35. The summed E-state index contributed by atoms with van der Waals surface area (Å²) in [5.74, 6) is -0.161. The zero-order chi connectivity index (χ0) is 10.8. The van der Waals surface area contributed by atoms with E-state index in [0.717, 1.165) is 5.39 Å². The van der Waals surface area contributed by atoms with E-state index in [2.05, 4.69) is 0 Å². The Bertz CT molecular complexity index is 544. The number of rotatable bonds is 2. The molecule has 3 nitrogen and oxygen atoms in total. The highest BCUT2D eigenvalue weighted by molar-refractivity contribution is 6.06. The van der Waals surface area contributed by atoms with E-state index in [-0.39, 0.29) is 16.9 Å². The zero-order valence-corrected chi connectivity index (χ0v) is 7.81. The van der Waals surface area contributed by atoms with Crippen molar-refractivity contribution in [2.24, 2.45) is 0 Å². The lowest BCUT2D eigenvalue weighted by atomic mass is 9.99. The fourth-order valence-corrected chi connectivity index (χ4v) is 1.63. The third kappa shape index (κ3) is 1.38. The van der Waals surface area contributed by atoms with Crippen LogP contribution in [0.5, 0.6) is 5.75 Å². The molecule has 0 aromatic heterocycles. The standard InChI is InChI=1S/C12H8O3/c13-6-10-9-4-2-1-3-8(9)5-12(15)11(10)7-14/h1-7,15H. The van der Waals surface area contributed by atoms with Crippen molar-refractivity contribution >= 4 is 23.3 Å². The Hall–Kier alpha value is -2.16. The Balaban J connectivity index is 2.97. The van der Waals surface area contributed by atoms with Gasteiger partial charge >= 0.3 is 0 Å². The molecule has 0 fully saturated rings. The van der Waals surface area contributed by atoms with E-state index in [1.54, 1.807) is 24.3 Å². The summed E-state index contributed by atoms with van der Waals surface area (Å²) < 4.78 is 0. The predicted molar refractivity (Wildman–Crippen MR) is 56.4 cm³/mol. The van der Waals surface area contributed by atoms with Gasteiger partial charge in [-0.3, -0.25) is 9.59 Å². The van der Waals surface area contributed by atoms with Gasteiger partial charge in [0.05, 0.1) is 5.56 Å². The summed E-state index contributed by atoms with van der Waals surface area (Å²) in [6.45, 7) is 0. The molecule has 0 unspecified atom stereocenters. The van der Waals surface area contributed by atoms with Gasteiger partial charge in [-0.05, 0) is 16.8 Å². The molecule has 3 heteroatoms. The molecule has 0 spiro atoms. The van der Waals surface area contributed by atoms with Crippen molar-refractivity contribution in [2.75, 3.05) is 0 Å². The Morgan fingerprint density at radius 2 is 1.67 bits per heavy atom. The summed E-state index contributed by atoms with van der Waals surface area (Å²) >= 11 is 0. The smallest absolute Gasteiger partial charge is 0.154 e. The van der Waals surface area contributed by atoms with E-state index in [1.807, 2.05) is 0 Å². The average Bonchev–Trinajstić information content (AvgIpc) is 2.27. The van der Waals surface area contributed by atoms with Crippen LogP contribution in [0.1, 0.15) is 20.7 Å². The first-order chi connectivity index (χ1) is 7.27. The van der Waals surface area contributed by atoms with Gasteiger partial charge in [0.1, 0.15) is 5.75 Å². The molecule has 2 aromatic rings. The highest BCUT2D eigenvalue weighted by atomic mass is 16.3. The van der Waals surface area contributed by atoms with E-state index in [0.29, 0.717) is 18.0 Å². The minimum Gasteiger partial charge on any atom is -0.507 e. The van der Waals surface area contributed by atoms with Crippen LogP contribution >= 0.6 is 0 Å². The first-order valence-electron chi connectivity index (χ1n) is 4.43. The molecule has 0 radical (unpaired) electrons. The third-order valence-corrected chi connectivity index (χ3v) is 2.35. The van der Waals surface area contributed by atoms with Gasteiger partial charge in [-0.15, -0.1) is 0 Å². The molecule has 1 N–H and O–H groups in total. The maximum atomic E-state index is 10.9. The van der Waals surface area contributed by atoms with Gasteiger partial charge in [-0.2, -0.15) is 0 Å². The van der Waals surface area contributed by atoms with Gasteiger partial charge in [0.25, 0.3) is 0 Å². The first kappa shape index (κ1) is 9.40. The van der Waals surface area contributed by atoms with Gasteiger partial charge in [-0.25, -0.2) is 0 Å². The van der Waals surface area contributed by atoms with Crippen molar-refractivity contribution in [3.63, 3.8) is 0 Å². The number of hydrogen-bond donors (Lipinski definition) is 1. The number of benzene rings is 2. The second-order valence-electron chi connectivity index (χ2n) is 3.18. The molecular weight excluding hydrogens is 192 g/mol. The molecule has 15 heavy (non-hydrogen) atoms. The lowest BCUT2D eigenvalue weighted by molar-refractivity contribution is 0.109. The predicted octanol–water partition coefficient (Wildman–Crippen LogP) is 2.17. The van der Waals surface area contributed by atoms with Gasteiger partial charge in [0.15, 0.2) is 12.6 Å². The van der Waals surface area contributed by atoms with E-state index >= 15 is 0 Å². The summed E-state index contributed by atoms with van der Waals surface area (Å²) in [6, 6.07) is 8.58. The molecule has 0 aliphatic rings. The second kappa shape index (κ2) is 3.53. The molecule has 0 bridgehead atoms. The molecule has 74 valence electrons. The normalized spacial score (nSPS) is 10.1. The monoisotopic (exact) mass is 200 g/mol. The maximum Gasteiger partial charge on any atom is 0.154 e. The van der Waals surface area contributed by atoms with Crippen molar-refractivity contribution < 1.29 is 14.7 Å². The molecule has 0 heterocycles. The van der Waals surface area contributed by atoms with Crippen LogP contribution in [-0.4, -0.2) is 17.7 Å². The summed E-state index contributed by atoms with van der Waals surface area (Å²) in [5, 5.41) is 10.9. The fraction of sp³-hybridized carbons (Fsp3) is 0. The minimum absolute atomic E-state index is 0.0451. The van der Waals surface area contributed by atoms with Crippen LogP contribution in [0.15, 0.2) is 30.3 Å². The Morgan fingerprint density at radius 1 is 1.00 bits per heavy atom.